The molecule has 0 radical (unpaired) electrons. The molecule has 1 saturated heterocycles. The minimum Gasteiger partial charge on any atom is -0.481 e. The molecule has 0 amide bonds. The Morgan fingerprint density at radius 1 is 1.60 bits per heavy atom. The Labute approximate surface area is 118 Å². The van der Waals surface area contributed by atoms with Crippen molar-refractivity contribution in [1.82, 2.24) is 14.9 Å². The van der Waals surface area contributed by atoms with Crippen molar-refractivity contribution < 1.29 is 14.6 Å². The Hall–Kier alpha value is -1.53. The second-order valence-corrected chi connectivity index (χ2v) is 5.41. The third-order valence-corrected chi connectivity index (χ3v) is 3.33. The van der Waals surface area contributed by atoms with E-state index in [0.29, 0.717) is 19.7 Å². The first-order valence-electron chi connectivity index (χ1n) is 6.91. The fraction of sp³-hybridized carbons (Fsp3) is 0.643. The van der Waals surface area contributed by atoms with Gasteiger partial charge >= 0.3 is 5.97 Å². The van der Waals surface area contributed by atoms with E-state index >= 15 is 0 Å². The maximum Gasteiger partial charge on any atom is 0.310 e. The van der Waals surface area contributed by atoms with Gasteiger partial charge < -0.3 is 9.84 Å². The maximum atomic E-state index is 11.1. The van der Waals surface area contributed by atoms with Crippen LogP contribution < -0.4 is 0 Å². The van der Waals surface area contributed by atoms with Crippen LogP contribution in [0.15, 0.2) is 12.3 Å². The quantitative estimate of drug-likeness (QED) is 0.890. The SMILES string of the molecule is CC(C)c1nccc(CN2CCOCC(C(=O)O)C2)n1. The topological polar surface area (TPSA) is 75.6 Å². The lowest BCUT2D eigenvalue weighted by Gasteiger charge is -2.21. The lowest BCUT2D eigenvalue weighted by molar-refractivity contribution is -0.143. The molecule has 6 nitrogen and oxygen atoms in total. The van der Waals surface area contributed by atoms with E-state index in [1.54, 1.807) is 6.20 Å². The molecule has 2 heterocycles. The molecule has 1 N–H and O–H groups in total. The van der Waals surface area contributed by atoms with Gasteiger partial charge in [-0.25, -0.2) is 9.97 Å². The van der Waals surface area contributed by atoms with E-state index in [1.807, 2.05) is 6.07 Å². The zero-order valence-corrected chi connectivity index (χ0v) is 12.0. The highest BCUT2D eigenvalue weighted by molar-refractivity contribution is 5.70. The third kappa shape index (κ3) is 3.98. The molecule has 0 aliphatic carbocycles. The van der Waals surface area contributed by atoms with Crippen LogP contribution in [0.25, 0.3) is 0 Å². The summed E-state index contributed by atoms with van der Waals surface area (Å²) in [6.45, 7) is 6.81. The highest BCUT2D eigenvalue weighted by atomic mass is 16.5. The molecular formula is C14H21N3O3. The molecule has 0 spiro atoms. The number of hydrogen-bond donors (Lipinski definition) is 1. The normalized spacial score (nSPS) is 20.9. The van der Waals surface area contributed by atoms with Crippen molar-refractivity contribution in [2.45, 2.75) is 26.3 Å². The molecule has 1 aliphatic heterocycles. The zero-order valence-electron chi connectivity index (χ0n) is 12.0. The van der Waals surface area contributed by atoms with Crippen LogP contribution in [0, 0.1) is 5.92 Å². The summed E-state index contributed by atoms with van der Waals surface area (Å²) in [4.78, 5) is 22.0. The van der Waals surface area contributed by atoms with Crippen LogP contribution >= 0.6 is 0 Å². The molecule has 1 atom stereocenters. The summed E-state index contributed by atoms with van der Waals surface area (Å²) in [5.41, 5.74) is 0.926. The van der Waals surface area contributed by atoms with E-state index in [0.717, 1.165) is 18.1 Å². The van der Waals surface area contributed by atoms with Crippen LogP contribution in [0.1, 0.15) is 31.3 Å². The van der Waals surface area contributed by atoms with Gasteiger partial charge in [-0.05, 0) is 6.07 Å². The van der Waals surface area contributed by atoms with Gasteiger partial charge in [-0.2, -0.15) is 0 Å². The minimum absolute atomic E-state index is 0.285. The molecule has 1 aromatic heterocycles. The molecule has 110 valence electrons. The molecule has 20 heavy (non-hydrogen) atoms. The van der Waals surface area contributed by atoms with E-state index in [9.17, 15) is 4.79 Å². The highest BCUT2D eigenvalue weighted by Crippen LogP contribution is 2.13. The third-order valence-electron chi connectivity index (χ3n) is 3.33. The van der Waals surface area contributed by atoms with Crippen LogP contribution in [0.5, 0.6) is 0 Å². The molecule has 0 aromatic carbocycles. The number of carboxylic acids is 1. The molecule has 2 rings (SSSR count). The Morgan fingerprint density at radius 2 is 2.40 bits per heavy atom. The van der Waals surface area contributed by atoms with Crippen LogP contribution in [0.2, 0.25) is 0 Å². The minimum atomic E-state index is -0.803. The Morgan fingerprint density at radius 3 is 3.10 bits per heavy atom. The van der Waals surface area contributed by atoms with E-state index in [-0.39, 0.29) is 12.5 Å². The summed E-state index contributed by atoms with van der Waals surface area (Å²) in [6, 6.07) is 1.88. The monoisotopic (exact) mass is 279 g/mol. The lowest BCUT2D eigenvalue weighted by Crippen LogP contribution is -2.33. The number of carboxylic acid groups (broad SMARTS) is 1. The number of rotatable bonds is 4. The van der Waals surface area contributed by atoms with Crippen LogP contribution in [-0.2, 0) is 16.1 Å². The average Bonchev–Trinajstić information content (AvgIpc) is 2.64. The van der Waals surface area contributed by atoms with Gasteiger partial charge in [0.05, 0.1) is 24.8 Å². The molecule has 1 unspecified atom stereocenters. The Balaban J connectivity index is 2.04. The standard InChI is InChI=1S/C14H21N3O3/c1-10(2)13-15-4-3-12(16-13)8-17-5-6-20-9-11(7-17)14(18)19/h3-4,10-11H,5-9H2,1-2H3,(H,18,19). The maximum absolute atomic E-state index is 11.1. The van der Waals surface area contributed by atoms with Crippen molar-refractivity contribution in [2.24, 2.45) is 5.92 Å². The summed E-state index contributed by atoms with van der Waals surface area (Å²) >= 11 is 0. The largest absolute Gasteiger partial charge is 0.481 e. The highest BCUT2D eigenvalue weighted by Gasteiger charge is 2.24. The summed E-state index contributed by atoms with van der Waals surface area (Å²) in [5, 5.41) is 9.13. The van der Waals surface area contributed by atoms with Crippen molar-refractivity contribution >= 4 is 5.97 Å². The number of carbonyl (C=O) groups is 1. The second kappa shape index (κ2) is 6.76. The van der Waals surface area contributed by atoms with Gasteiger partial charge in [-0.1, -0.05) is 13.8 Å². The van der Waals surface area contributed by atoms with Gasteiger partial charge in [0.2, 0.25) is 0 Å². The van der Waals surface area contributed by atoms with Crippen molar-refractivity contribution in [3.8, 4) is 0 Å². The van der Waals surface area contributed by atoms with Gasteiger partial charge in [-0.15, -0.1) is 0 Å². The number of aliphatic carboxylic acids is 1. The summed E-state index contributed by atoms with van der Waals surface area (Å²) < 4.78 is 5.34. The summed E-state index contributed by atoms with van der Waals surface area (Å²) in [6.07, 6.45) is 1.76. The smallest absolute Gasteiger partial charge is 0.310 e. The first kappa shape index (κ1) is 14.9. The number of nitrogens with zero attached hydrogens (tertiary/aromatic N) is 3. The van der Waals surface area contributed by atoms with Crippen LogP contribution in [0.3, 0.4) is 0 Å². The molecule has 0 bridgehead atoms. The zero-order chi connectivity index (χ0) is 14.5. The van der Waals surface area contributed by atoms with Gasteiger partial charge in [-0.3, -0.25) is 9.69 Å². The molecular weight excluding hydrogens is 258 g/mol. The number of aromatic nitrogens is 2. The molecule has 1 aliphatic rings. The van der Waals surface area contributed by atoms with Gasteiger partial charge in [0.25, 0.3) is 0 Å². The number of hydrogen-bond acceptors (Lipinski definition) is 5. The van der Waals surface area contributed by atoms with Crippen molar-refractivity contribution in [2.75, 3.05) is 26.3 Å². The van der Waals surface area contributed by atoms with E-state index in [1.165, 1.54) is 0 Å². The lowest BCUT2D eigenvalue weighted by atomic mass is 10.1. The average molecular weight is 279 g/mol. The van der Waals surface area contributed by atoms with Crippen molar-refractivity contribution in [3.05, 3.63) is 23.8 Å². The predicted molar refractivity (Wildman–Crippen MR) is 73.3 cm³/mol. The Kier molecular flexibility index (Phi) is 5.03. The van der Waals surface area contributed by atoms with Gasteiger partial charge in [0.15, 0.2) is 0 Å². The molecule has 1 fully saturated rings. The van der Waals surface area contributed by atoms with Crippen LogP contribution in [-0.4, -0.2) is 52.2 Å². The van der Waals surface area contributed by atoms with Crippen molar-refractivity contribution in [1.29, 1.82) is 0 Å². The first-order chi connectivity index (χ1) is 9.56. The second-order valence-electron chi connectivity index (χ2n) is 5.41. The predicted octanol–water partition coefficient (Wildman–Crippen LogP) is 1.13. The van der Waals surface area contributed by atoms with E-state index in [2.05, 4.69) is 28.7 Å². The van der Waals surface area contributed by atoms with E-state index in [4.69, 9.17) is 9.84 Å². The first-order valence-corrected chi connectivity index (χ1v) is 6.91. The van der Waals surface area contributed by atoms with E-state index < -0.39 is 11.9 Å². The van der Waals surface area contributed by atoms with Gasteiger partial charge in [0, 0.05) is 31.7 Å². The molecule has 6 heteroatoms. The summed E-state index contributed by atoms with van der Waals surface area (Å²) in [7, 11) is 0. The van der Waals surface area contributed by atoms with Crippen LogP contribution in [0.4, 0.5) is 0 Å². The summed E-state index contributed by atoms with van der Waals surface area (Å²) in [5.74, 6) is -0.163. The fourth-order valence-corrected chi connectivity index (χ4v) is 2.18. The fourth-order valence-electron chi connectivity index (χ4n) is 2.18. The molecule has 1 aromatic rings. The number of ether oxygens (including phenoxy) is 1. The van der Waals surface area contributed by atoms with Gasteiger partial charge in [0.1, 0.15) is 5.82 Å². The Bertz CT molecular complexity index is 465. The van der Waals surface area contributed by atoms with Crippen molar-refractivity contribution in [3.63, 3.8) is 0 Å². The molecule has 0 saturated carbocycles.